The summed E-state index contributed by atoms with van der Waals surface area (Å²) in [6.07, 6.45) is 6.60. The van der Waals surface area contributed by atoms with Crippen LogP contribution in [0, 0.1) is 41.9 Å². The van der Waals surface area contributed by atoms with Gasteiger partial charge in [-0.25, -0.2) is 9.59 Å². The fourth-order valence-electron chi connectivity index (χ4n) is 6.84. The molecule has 2 aliphatic heterocycles. The number of ether oxygens (including phenoxy) is 2. The van der Waals surface area contributed by atoms with Crippen LogP contribution < -0.4 is 5.32 Å². The van der Waals surface area contributed by atoms with Crippen molar-refractivity contribution in [2.45, 2.75) is 144 Å². The Hall–Kier alpha value is -3.62. The number of amides is 4. The second-order valence-corrected chi connectivity index (χ2v) is 14.9. The molecule has 12 heteroatoms. The fourth-order valence-corrected chi connectivity index (χ4v) is 6.84. The number of nitrogens with one attached hydrogen (secondary N) is 1. The maximum absolute atomic E-state index is 14.2. The van der Waals surface area contributed by atoms with E-state index in [2.05, 4.69) is 11.2 Å². The van der Waals surface area contributed by atoms with Gasteiger partial charge < -0.3 is 29.5 Å². The lowest BCUT2D eigenvalue weighted by Gasteiger charge is -2.37. The Morgan fingerprint density at radius 1 is 0.820 bits per heavy atom. The average Bonchev–Trinajstić information content (AvgIpc) is 3.57. The third-order valence-electron chi connectivity index (χ3n) is 10.6. The van der Waals surface area contributed by atoms with Gasteiger partial charge in [0.2, 0.25) is 17.7 Å². The zero-order valence-corrected chi connectivity index (χ0v) is 32.2. The molecule has 2 aliphatic rings. The minimum Gasteiger partial charge on any atom is -0.460 e. The normalized spacial score (nSPS) is 29.4. The molecule has 0 aromatic heterocycles. The van der Waals surface area contributed by atoms with Crippen molar-refractivity contribution in [2.75, 3.05) is 20.6 Å². The molecular formula is C38H62N4O8. The van der Waals surface area contributed by atoms with E-state index in [-0.39, 0.29) is 24.3 Å². The Labute approximate surface area is 299 Å². The maximum atomic E-state index is 14.2. The topological polar surface area (TPSA) is 143 Å². The van der Waals surface area contributed by atoms with Crippen molar-refractivity contribution in [3.8, 4) is 12.3 Å². The first-order chi connectivity index (χ1) is 23.4. The molecule has 4 amide bonds. The summed E-state index contributed by atoms with van der Waals surface area (Å²) in [5, 5.41) is 2.87. The van der Waals surface area contributed by atoms with Gasteiger partial charge in [0.05, 0.1) is 5.92 Å². The summed E-state index contributed by atoms with van der Waals surface area (Å²) in [6.45, 7) is 16.5. The summed E-state index contributed by atoms with van der Waals surface area (Å²) >= 11 is 0. The lowest BCUT2D eigenvalue weighted by Crippen LogP contribution is -2.58. The van der Waals surface area contributed by atoms with Crippen molar-refractivity contribution in [3.63, 3.8) is 0 Å². The van der Waals surface area contributed by atoms with Crippen LogP contribution in [0.4, 0.5) is 0 Å². The molecular weight excluding hydrogens is 640 g/mol. The highest BCUT2D eigenvalue weighted by Crippen LogP contribution is 2.28. The highest BCUT2D eigenvalue weighted by Gasteiger charge is 2.46. The Morgan fingerprint density at radius 3 is 1.86 bits per heavy atom. The molecule has 2 heterocycles. The molecule has 0 bridgehead atoms. The van der Waals surface area contributed by atoms with Crippen molar-refractivity contribution in [1.29, 1.82) is 0 Å². The lowest BCUT2D eigenvalue weighted by molar-refractivity contribution is -0.172. The van der Waals surface area contributed by atoms with E-state index in [4.69, 9.17) is 15.9 Å². The molecule has 0 aliphatic carbocycles. The Bertz CT molecular complexity index is 1260. The number of rotatable bonds is 9. The molecule has 12 nitrogen and oxygen atoms in total. The summed E-state index contributed by atoms with van der Waals surface area (Å²) in [6, 6.07) is -3.92. The standard InChI is InChI=1S/C38H62N4O8/c1-13-16-17-20-28-26(10)33(43)39-29(22(4)5)35(45)41(12)31(25(9)15-3)38(48)50-32(23(6)7)36(46)42-21-18-19-27(42)34(44)40(11)30(24(8)14-2)37(47)49-28/h1,22-32H,14-21H2,2-12H3,(H,39,43)/t24-,25+,26-,27-,28+,29-,30-,31+,32-/m0/s1. The number of terminal acetylenes is 1. The molecule has 282 valence electrons. The second kappa shape index (κ2) is 19.1. The van der Waals surface area contributed by atoms with Crippen molar-refractivity contribution >= 4 is 35.6 Å². The van der Waals surface area contributed by atoms with E-state index in [9.17, 15) is 28.8 Å². The van der Waals surface area contributed by atoms with Crippen LogP contribution in [0.25, 0.3) is 0 Å². The van der Waals surface area contributed by atoms with Gasteiger partial charge in [0.15, 0.2) is 6.10 Å². The molecule has 1 N–H and O–H groups in total. The first kappa shape index (κ1) is 42.5. The van der Waals surface area contributed by atoms with E-state index in [1.807, 2.05) is 27.7 Å². The van der Waals surface area contributed by atoms with Gasteiger partial charge in [0.25, 0.3) is 5.91 Å². The monoisotopic (exact) mass is 702 g/mol. The summed E-state index contributed by atoms with van der Waals surface area (Å²) in [5.74, 6) is -3.04. The quantitative estimate of drug-likeness (QED) is 0.217. The van der Waals surface area contributed by atoms with Crippen LogP contribution in [0.2, 0.25) is 0 Å². The molecule has 50 heavy (non-hydrogen) atoms. The van der Waals surface area contributed by atoms with Crippen LogP contribution in [-0.2, 0) is 38.2 Å². The van der Waals surface area contributed by atoms with E-state index in [0.717, 1.165) is 0 Å². The number of unbranched alkanes of at least 4 members (excludes halogenated alkanes) is 1. The first-order valence-corrected chi connectivity index (χ1v) is 18.4. The van der Waals surface area contributed by atoms with E-state index < -0.39 is 83.8 Å². The number of cyclic esters (lactones) is 2. The summed E-state index contributed by atoms with van der Waals surface area (Å²) in [4.78, 5) is 88.5. The van der Waals surface area contributed by atoms with Gasteiger partial charge in [-0.05, 0) is 49.4 Å². The summed E-state index contributed by atoms with van der Waals surface area (Å²) in [5.41, 5.74) is 0. The van der Waals surface area contributed by atoms with E-state index in [1.165, 1.54) is 21.7 Å². The zero-order valence-electron chi connectivity index (χ0n) is 32.2. The van der Waals surface area contributed by atoms with E-state index in [0.29, 0.717) is 44.9 Å². The van der Waals surface area contributed by atoms with Gasteiger partial charge in [-0.2, -0.15) is 0 Å². The molecule has 2 fully saturated rings. The van der Waals surface area contributed by atoms with Crippen LogP contribution in [-0.4, -0.2) is 107 Å². The Morgan fingerprint density at radius 2 is 1.36 bits per heavy atom. The molecule has 0 spiro atoms. The summed E-state index contributed by atoms with van der Waals surface area (Å²) in [7, 11) is 3.04. The largest absolute Gasteiger partial charge is 0.460 e. The molecule has 0 aromatic rings. The van der Waals surface area contributed by atoms with Crippen LogP contribution in [0.5, 0.6) is 0 Å². The van der Waals surface area contributed by atoms with Crippen LogP contribution in [0.3, 0.4) is 0 Å². The minimum atomic E-state index is -1.21. The lowest BCUT2D eigenvalue weighted by atomic mass is 9.93. The molecule has 0 saturated carbocycles. The van der Waals surface area contributed by atoms with E-state index >= 15 is 0 Å². The summed E-state index contributed by atoms with van der Waals surface area (Å²) < 4.78 is 12.1. The highest BCUT2D eigenvalue weighted by molar-refractivity contribution is 5.95. The SMILES string of the molecule is C#CCCC[C@H]1OC(=O)[C@H]([C@@H](C)CC)N(C)C(=O)[C@@H]2CCCN2C(=O)[C@H](C(C)C)OC(=O)[C@@H]([C@H](C)CC)N(C)C(=O)[C@H](C(C)C)NC(=O)[C@H]1C. The predicted molar refractivity (Wildman–Crippen MR) is 190 cm³/mol. The molecule has 9 atom stereocenters. The molecule has 0 radical (unpaired) electrons. The highest BCUT2D eigenvalue weighted by atomic mass is 16.6. The van der Waals surface area contributed by atoms with Gasteiger partial charge in [0, 0.05) is 27.1 Å². The molecule has 2 rings (SSSR count). The zero-order chi connectivity index (χ0) is 38.0. The third-order valence-corrected chi connectivity index (χ3v) is 10.6. The van der Waals surface area contributed by atoms with Crippen molar-refractivity contribution in [2.24, 2.45) is 29.6 Å². The first-order valence-electron chi connectivity index (χ1n) is 18.4. The maximum Gasteiger partial charge on any atom is 0.329 e. The number of nitrogens with zero attached hydrogens (tertiary/aromatic N) is 3. The average molecular weight is 703 g/mol. The molecule has 0 unspecified atom stereocenters. The second-order valence-electron chi connectivity index (χ2n) is 14.9. The fraction of sp³-hybridized carbons (Fsp3) is 0.789. The number of likely N-dealkylation sites (N-methyl/N-ethyl adjacent to an activating group) is 2. The Kier molecular flexibility index (Phi) is 16.3. The van der Waals surface area contributed by atoms with Crippen molar-refractivity contribution in [1.82, 2.24) is 20.0 Å². The van der Waals surface area contributed by atoms with Crippen molar-refractivity contribution in [3.05, 3.63) is 0 Å². The molecule has 0 aromatic carbocycles. The smallest absolute Gasteiger partial charge is 0.329 e. The number of hydrogen-bond donors (Lipinski definition) is 1. The number of hydrogen-bond acceptors (Lipinski definition) is 8. The number of carbonyl (C=O) groups is 6. The number of fused-ring (bicyclic) bond motifs is 1. The van der Waals surface area contributed by atoms with Crippen molar-refractivity contribution < 1.29 is 38.2 Å². The number of carbonyl (C=O) groups excluding carboxylic acids is 6. The van der Waals surface area contributed by atoms with Crippen LogP contribution in [0.1, 0.15) is 107 Å². The number of esters is 2. The van der Waals surface area contributed by atoms with Gasteiger partial charge >= 0.3 is 11.9 Å². The van der Waals surface area contributed by atoms with E-state index in [1.54, 1.807) is 41.7 Å². The minimum absolute atomic E-state index is 0.286. The van der Waals surface area contributed by atoms with Gasteiger partial charge in [-0.1, -0.05) is 75.2 Å². The third kappa shape index (κ3) is 10.0. The van der Waals surface area contributed by atoms with Gasteiger partial charge in [0.1, 0.15) is 30.3 Å². The predicted octanol–water partition coefficient (Wildman–Crippen LogP) is 3.80. The Balaban J connectivity index is 2.76. The molecule has 2 saturated heterocycles. The van der Waals surface area contributed by atoms with Crippen LogP contribution >= 0.6 is 0 Å². The van der Waals surface area contributed by atoms with Gasteiger partial charge in [-0.15, -0.1) is 12.3 Å². The van der Waals surface area contributed by atoms with Gasteiger partial charge in [-0.3, -0.25) is 19.2 Å². The van der Waals surface area contributed by atoms with Crippen LogP contribution in [0.15, 0.2) is 0 Å².